The van der Waals surface area contributed by atoms with Crippen molar-refractivity contribution in [2.45, 2.75) is 31.1 Å². The molecular weight excluding hydrogens is 759 g/mol. The number of benzene rings is 8. The number of anilines is 3. The molecule has 8 aromatic rings. The van der Waals surface area contributed by atoms with Crippen molar-refractivity contribution >= 4 is 28.2 Å². The standard InChI is InChI=1S/C62H47N/c1-61(2)56-28-16-14-26-52(56)54-39-36-49(41-58(54)61)63(47-23-10-5-11-24-47)48-34-30-43(31-35-48)51-37-32-42-18-12-13-25-50(42)60(51)44-33-38-55-53-27-15-17-29-57(53)62(59(55)40-44,45-19-6-3-7-20-45)46-21-8-4-9-22-46/h3-17,19-42H,18H2,1-2H3. The molecule has 1 atom stereocenters. The van der Waals surface area contributed by atoms with E-state index in [1.54, 1.807) is 0 Å². The normalized spacial score (nSPS) is 17.0. The van der Waals surface area contributed by atoms with Gasteiger partial charge in [-0.3, -0.25) is 0 Å². The van der Waals surface area contributed by atoms with E-state index in [0.29, 0.717) is 5.92 Å². The van der Waals surface area contributed by atoms with Gasteiger partial charge < -0.3 is 4.90 Å². The van der Waals surface area contributed by atoms with E-state index in [1.807, 2.05) is 0 Å². The van der Waals surface area contributed by atoms with E-state index in [1.165, 1.54) is 83.5 Å². The molecule has 4 aliphatic rings. The molecule has 1 heteroatoms. The van der Waals surface area contributed by atoms with E-state index < -0.39 is 5.41 Å². The molecule has 0 N–H and O–H groups in total. The van der Waals surface area contributed by atoms with Crippen LogP contribution >= 0.6 is 0 Å². The average molecular weight is 806 g/mol. The molecule has 8 aromatic carbocycles. The third-order valence-corrected chi connectivity index (χ3v) is 14.3. The third-order valence-electron chi connectivity index (χ3n) is 14.3. The van der Waals surface area contributed by atoms with Crippen LogP contribution in [0.2, 0.25) is 0 Å². The lowest BCUT2D eigenvalue weighted by molar-refractivity contribution is 0.660. The Balaban J connectivity index is 1.02. The predicted octanol–water partition coefficient (Wildman–Crippen LogP) is 15.8. The smallest absolute Gasteiger partial charge is 0.0713 e. The van der Waals surface area contributed by atoms with Crippen molar-refractivity contribution in [1.29, 1.82) is 0 Å². The number of hydrogen-bond acceptors (Lipinski definition) is 1. The van der Waals surface area contributed by atoms with Crippen LogP contribution in [0, 0.1) is 5.92 Å². The second-order valence-electron chi connectivity index (χ2n) is 17.9. The molecule has 0 spiro atoms. The van der Waals surface area contributed by atoms with Gasteiger partial charge in [0.15, 0.2) is 0 Å². The molecule has 12 rings (SSSR count). The minimum atomic E-state index is -0.464. The Labute approximate surface area is 371 Å². The Hall–Kier alpha value is -7.48. The van der Waals surface area contributed by atoms with Crippen LogP contribution in [-0.2, 0) is 10.8 Å². The fourth-order valence-corrected chi connectivity index (χ4v) is 11.4. The van der Waals surface area contributed by atoms with Crippen LogP contribution in [0.15, 0.2) is 236 Å². The highest BCUT2D eigenvalue weighted by Gasteiger charge is 2.46. The van der Waals surface area contributed by atoms with E-state index in [2.05, 4.69) is 249 Å². The maximum atomic E-state index is 2.53. The number of allylic oxidation sites excluding steroid dienone is 8. The third kappa shape index (κ3) is 5.69. The van der Waals surface area contributed by atoms with E-state index in [4.69, 9.17) is 0 Å². The van der Waals surface area contributed by atoms with E-state index in [-0.39, 0.29) is 5.41 Å². The van der Waals surface area contributed by atoms with Gasteiger partial charge in [-0.2, -0.15) is 0 Å². The summed E-state index contributed by atoms with van der Waals surface area (Å²) >= 11 is 0. The zero-order valence-corrected chi connectivity index (χ0v) is 35.7. The van der Waals surface area contributed by atoms with Gasteiger partial charge >= 0.3 is 0 Å². The molecule has 0 saturated heterocycles. The van der Waals surface area contributed by atoms with Crippen molar-refractivity contribution in [2.24, 2.45) is 5.92 Å². The first-order valence-corrected chi connectivity index (χ1v) is 22.4. The van der Waals surface area contributed by atoms with Gasteiger partial charge in [0.2, 0.25) is 0 Å². The van der Waals surface area contributed by atoms with Crippen molar-refractivity contribution in [3.8, 4) is 22.3 Å². The molecule has 63 heavy (non-hydrogen) atoms. The molecule has 1 unspecified atom stereocenters. The zero-order valence-electron chi connectivity index (χ0n) is 35.7. The van der Waals surface area contributed by atoms with E-state index >= 15 is 0 Å². The maximum absolute atomic E-state index is 2.53. The first-order valence-electron chi connectivity index (χ1n) is 22.4. The van der Waals surface area contributed by atoms with Gasteiger partial charge in [0, 0.05) is 28.4 Å². The van der Waals surface area contributed by atoms with Gasteiger partial charge in [-0.15, -0.1) is 0 Å². The Morgan fingerprint density at radius 2 is 1.00 bits per heavy atom. The minimum absolute atomic E-state index is 0.0899. The van der Waals surface area contributed by atoms with Crippen LogP contribution in [0.5, 0.6) is 0 Å². The van der Waals surface area contributed by atoms with Crippen LogP contribution in [0.4, 0.5) is 17.1 Å². The Bertz CT molecular complexity index is 3160. The number of rotatable bonds is 7. The van der Waals surface area contributed by atoms with Gasteiger partial charge in [0.05, 0.1) is 5.41 Å². The summed E-state index contributed by atoms with van der Waals surface area (Å²) in [4.78, 5) is 2.41. The molecule has 0 amide bonds. The molecule has 1 nitrogen and oxygen atoms in total. The lowest BCUT2D eigenvalue weighted by Crippen LogP contribution is -2.28. The van der Waals surface area contributed by atoms with Crippen LogP contribution in [0.3, 0.4) is 0 Å². The fourth-order valence-electron chi connectivity index (χ4n) is 11.4. The first kappa shape index (κ1) is 37.3. The lowest BCUT2D eigenvalue weighted by atomic mass is 9.67. The fraction of sp³-hybridized carbons (Fsp3) is 0.0968. The van der Waals surface area contributed by atoms with Gasteiger partial charge in [-0.1, -0.05) is 202 Å². The lowest BCUT2D eigenvalue weighted by Gasteiger charge is -2.34. The molecule has 0 bridgehead atoms. The number of fused-ring (bicyclic) bond motifs is 7. The van der Waals surface area contributed by atoms with Gasteiger partial charge in [-0.25, -0.2) is 0 Å². The van der Waals surface area contributed by atoms with Crippen LogP contribution < -0.4 is 4.90 Å². The number of para-hydroxylation sites is 1. The predicted molar refractivity (Wildman–Crippen MR) is 264 cm³/mol. The van der Waals surface area contributed by atoms with E-state index in [0.717, 1.165) is 23.5 Å². The first-order chi connectivity index (χ1) is 31.0. The van der Waals surface area contributed by atoms with Crippen LogP contribution in [0.25, 0.3) is 33.4 Å². The van der Waals surface area contributed by atoms with Crippen molar-refractivity contribution in [1.82, 2.24) is 0 Å². The van der Waals surface area contributed by atoms with Crippen molar-refractivity contribution in [2.75, 3.05) is 4.90 Å². The summed E-state index contributed by atoms with van der Waals surface area (Å²) in [6.45, 7) is 4.72. The summed E-state index contributed by atoms with van der Waals surface area (Å²) in [6, 6.07) is 74.6. The highest BCUT2D eigenvalue weighted by atomic mass is 15.1. The van der Waals surface area contributed by atoms with E-state index in [9.17, 15) is 0 Å². The minimum Gasteiger partial charge on any atom is -0.310 e. The second kappa shape index (κ2) is 14.6. The zero-order chi connectivity index (χ0) is 42.1. The molecule has 0 heterocycles. The summed E-state index contributed by atoms with van der Waals surface area (Å²) in [5.74, 6) is 0.329. The van der Waals surface area contributed by atoms with Crippen molar-refractivity contribution in [3.05, 3.63) is 281 Å². The SMILES string of the molecule is CC1(C)c2ccccc2-c2ccc(N(c3ccccc3)c3ccc(C4=C(c5ccc6c(c5)C(c5ccccc5)(c5ccccc5)c5ccccc5-6)C5=CC=CCC5C=C4)cc3)cc21. The number of hydrogen-bond donors (Lipinski definition) is 0. The number of nitrogens with zero attached hydrogens (tertiary/aromatic N) is 1. The van der Waals surface area contributed by atoms with Gasteiger partial charge in [-0.05, 0) is 132 Å². The quantitative estimate of drug-likeness (QED) is 0.155. The Kier molecular flexibility index (Phi) is 8.63. The second-order valence-corrected chi connectivity index (χ2v) is 17.9. The maximum Gasteiger partial charge on any atom is 0.0713 e. The molecule has 0 saturated carbocycles. The monoisotopic (exact) mass is 805 g/mol. The van der Waals surface area contributed by atoms with Crippen LogP contribution in [-0.4, -0.2) is 0 Å². The summed E-state index contributed by atoms with van der Waals surface area (Å²) in [6.07, 6.45) is 12.7. The average Bonchev–Trinajstić information content (AvgIpc) is 3.77. The molecule has 4 aliphatic carbocycles. The molecule has 0 fully saturated rings. The topological polar surface area (TPSA) is 3.24 Å². The summed E-state index contributed by atoms with van der Waals surface area (Å²) in [5.41, 5.74) is 22.5. The van der Waals surface area contributed by atoms with Gasteiger partial charge in [0.25, 0.3) is 0 Å². The Morgan fingerprint density at radius 3 is 1.71 bits per heavy atom. The van der Waals surface area contributed by atoms with Crippen molar-refractivity contribution < 1.29 is 0 Å². The molecule has 0 radical (unpaired) electrons. The summed E-state index contributed by atoms with van der Waals surface area (Å²) in [5, 5.41) is 0. The summed E-state index contributed by atoms with van der Waals surface area (Å²) < 4.78 is 0. The molecule has 0 aromatic heterocycles. The molecular formula is C62H47N. The van der Waals surface area contributed by atoms with Gasteiger partial charge in [0.1, 0.15) is 0 Å². The molecule has 0 aliphatic heterocycles. The molecule has 300 valence electrons. The Morgan fingerprint density at radius 1 is 0.460 bits per heavy atom. The van der Waals surface area contributed by atoms with Crippen molar-refractivity contribution in [3.63, 3.8) is 0 Å². The summed E-state index contributed by atoms with van der Waals surface area (Å²) in [7, 11) is 0. The van der Waals surface area contributed by atoms with Crippen LogP contribution in [0.1, 0.15) is 64.8 Å². The largest absolute Gasteiger partial charge is 0.310 e. The highest BCUT2D eigenvalue weighted by molar-refractivity contribution is 6.05. The highest BCUT2D eigenvalue weighted by Crippen LogP contribution is 2.57.